The number of aromatic nitrogens is 2. The van der Waals surface area contributed by atoms with Gasteiger partial charge in [-0.05, 0) is 26.0 Å². The predicted octanol–water partition coefficient (Wildman–Crippen LogP) is -0.219. The van der Waals surface area contributed by atoms with Crippen LogP contribution in [0.25, 0.3) is 0 Å². The summed E-state index contributed by atoms with van der Waals surface area (Å²) in [4.78, 5) is 59.0. The molecular weight excluding hydrogens is 586 g/mol. The number of rotatable bonds is 5. The lowest BCUT2D eigenvalue weighted by atomic mass is 9.92. The lowest BCUT2D eigenvalue weighted by Gasteiger charge is -2.37. The number of cyclic esters (lactones) is 1. The molecular formula is C26H27F4N5O8. The molecule has 2 aliphatic heterocycles. The van der Waals surface area contributed by atoms with Crippen LogP contribution in [0, 0.1) is 29.4 Å². The Morgan fingerprint density at radius 3 is 2.42 bits per heavy atom. The molecule has 7 unspecified atom stereocenters. The largest absolute Gasteiger partial charge is 0.505 e. The van der Waals surface area contributed by atoms with E-state index in [-0.39, 0.29) is 6.61 Å². The number of hydrogen-bond donors (Lipinski definition) is 5. The molecule has 2 fully saturated rings. The third-order valence-electron chi connectivity index (χ3n) is 7.15. The molecule has 13 nitrogen and oxygen atoms in total. The highest BCUT2D eigenvalue weighted by Gasteiger charge is 2.43. The highest BCUT2D eigenvalue weighted by atomic mass is 19.2. The van der Waals surface area contributed by atoms with E-state index >= 15 is 0 Å². The maximum absolute atomic E-state index is 14.6. The smallest absolute Gasteiger partial charge is 0.312 e. The van der Waals surface area contributed by atoms with Crippen LogP contribution in [0.5, 0.6) is 5.75 Å². The average molecular weight is 614 g/mol. The van der Waals surface area contributed by atoms with Crippen LogP contribution in [0.2, 0.25) is 0 Å². The van der Waals surface area contributed by atoms with Crippen LogP contribution >= 0.6 is 0 Å². The molecule has 2 aliphatic rings. The summed E-state index contributed by atoms with van der Waals surface area (Å²) in [6.07, 6.45) is -3.93. The number of carbonyl (C=O) groups is 4. The number of aliphatic hydroxyl groups excluding tert-OH is 1. The minimum Gasteiger partial charge on any atom is -0.505 e. The van der Waals surface area contributed by atoms with Crippen molar-refractivity contribution in [3.63, 3.8) is 0 Å². The molecule has 4 rings (SSSR count). The Kier molecular flexibility index (Phi) is 9.44. The van der Waals surface area contributed by atoms with Crippen LogP contribution in [0.1, 0.15) is 36.3 Å². The van der Waals surface area contributed by atoms with Crippen LogP contribution in [0.15, 0.2) is 18.3 Å². The number of nitrogens with one attached hydrogen (secondary N) is 3. The van der Waals surface area contributed by atoms with Gasteiger partial charge in [0.05, 0.1) is 24.1 Å². The molecule has 0 aromatic carbocycles. The Bertz CT molecular complexity index is 1430. The van der Waals surface area contributed by atoms with Gasteiger partial charge in [0.2, 0.25) is 23.8 Å². The van der Waals surface area contributed by atoms with E-state index in [2.05, 4.69) is 25.9 Å². The molecule has 2 aromatic rings. The summed E-state index contributed by atoms with van der Waals surface area (Å²) in [5.74, 6) is -14.3. The van der Waals surface area contributed by atoms with Crippen molar-refractivity contribution in [2.45, 2.75) is 63.1 Å². The fourth-order valence-electron chi connectivity index (χ4n) is 4.54. The summed E-state index contributed by atoms with van der Waals surface area (Å²) in [6, 6.07) is -2.28. The Labute approximate surface area is 241 Å². The second-order valence-corrected chi connectivity index (χ2v) is 10.1. The SMILES string of the molecule is CC1NC(=O)C(C2CCO2)OC(=O)C(C)C(O)C(Cc2c(F)nc(F)c(F)c2F)NC(=O)C1NC(=O)c1ncccc1O. The lowest BCUT2D eigenvalue weighted by Crippen LogP contribution is -2.63. The monoisotopic (exact) mass is 613 g/mol. The van der Waals surface area contributed by atoms with Gasteiger partial charge in [-0.2, -0.15) is 18.2 Å². The van der Waals surface area contributed by atoms with Crippen molar-refractivity contribution in [2.75, 3.05) is 6.61 Å². The van der Waals surface area contributed by atoms with E-state index in [1.165, 1.54) is 19.2 Å². The number of pyridine rings is 2. The van der Waals surface area contributed by atoms with Crippen molar-refractivity contribution in [1.82, 2.24) is 25.9 Å². The van der Waals surface area contributed by atoms with Gasteiger partial charge in [0, 0.05) is 31.2 Å². The van der Waals surface area contributed by atoms with Gasteiger partial charge in [-0.15, -0.1) is 0 Å². The second-order valence-electron chi connectivity index (χ2n) is 10.1. The minimum absolute atomic E-state index is 0.260. The molecule has 0 aliphatic carbocycles. The Morgan fingerprint density at radius 1 is 1.09 bits per heavy atom. The van der Waals surface area contributed by atoms with Crippen molar-refractivity contribution in [3.8, 4) is 5.75 Å². The van der Waals surface area contributed by atoms with Crippen molar-refractivity contribution in [3.05, 3.63) is 53.1 Å². The molecule has 3 amide bonds. The summed E-state index contributed by atoms with van der Waals surface area (Å²) in [5, 5.41) is 28.1. The number of amides is 3. The fraction of sp³-hybridized carbons (Fsp3) is 0.462. The zero-order valence-electron chi connectivity index (χ0n) is 22.6. The molecule has 232 valence electrons. The van der Waals surface area contributed by atoms with Crippen LogP contribution in [-0.2, 0) is 30.3 Å². The summed E-state index contributed by atoms with van der Waals surface area (Å²) in [6.45, 7) is 2.69. The number of nitrogens with zero attached hydrogens (tertiary/aromatic N) is 2. The maximum atomic E-state index is 14.6. The van der Waals surface area contributed by atoms with E-state index in [1.54, 1.807) is 0 Å². The van der Waals surface area contributed by atoms with Gasteiger partial charge < -0.3 is 35.6 Å². The molecule has 5 N–H and O–H groups in total. The zero-order chi connectivity index (χ0) is 31.6. The zero-order valence-corrected chi connectivity index (χ0v) is 22.6. The number of esters is 1. The first-order valence-corrected chi connectivity index (χ1v) is 13.0. The molecule has 2 aromatic heterocycles. The normalized spacial score (nSPS) is 28.3. The van der Waals surface area contributed by atoms with Crippen LogP contribution in [0.3, 0.4) is 0 Å². The highest BCUT2D eigenvalue weighted by Crippen LogP contribution is 2.24. The third-order valence-corrected chi connectivity index (χ3v) is 7.15. The Morgan fingerprint density at radius 2 is 1.79 bits per heavy atom. The molecule has 17 heteroatoms. The number of carbonyl (C=O) groups excluding carboxylic acids is 4. The topological polar surface area (TPSA) is 189 Å². The minimum atomic E-state index is -2.11. The van der Waals surface area contributed by atoms with Crippen molar-refractivity contribution in [2.24, 2.45) is 5.92 Å². The van der Waals surface area contributed by atoms with Crippen LogP contribution < -0.4 is 16.0 Å². The van der Waals surface area contributed by atoms with E-state index < -0.39 is 113 Å². The first-order valence-electron chi connectivity index (χ1n) is 13.0. The molecule has 0 radical (unpaired) electrons. The molecule has 4 heterocycles. The molecule has 0 spiro atoms. The van der Waals surface area contributed by atoms with Crippen LogP contribution in [0.4, 0.5) is 17.6 Å². The van der Waals surface area contributed by atoms with E-state index in [0.717, 1.165) is 13.0 Å². The fourth-order valence-corrected chi connectivity index (χ4v) is 4.54. The highest BCUT2D eigenvalue weighted by molar-refractivity contribution is 5.98. The summed E-state index contributed by atoms with van der Waals surface area (Å²) in [5.41, 5.74) is -1.64. The standard InChI is InChI=1S/C26H27F4N5O8/c1-9-19(37)12(8-11-15(27)16(28)22(30)35-21(11)29)33-23(38)17(34-24(39)18-13(36)4-3-6-31-18)10(2)32-25(40)20(43-26(9)41)14-5-7-42-14/h3-4,6,9-10,12,14,17,19-20,36-37H,5,7-8H2,1-2H3,(H,32,40)(H,33,38)(H,34,39). The quantitative estimate of drug-likeness (QED) is 0.171. The first-order chi connectivity index (χ1) is 20.3. The maximum Gasteiger partial charge on any atom is 0.312 e. The van der Waals surface area contributed by atoms with Gasteiger partial charge >= 0.3 is 5.97 Å². The summed E-state index contributed by atoms with van der Waals surface area (Å²) >= 11 is 0. The van der Waals surface area contributed by atoms with Crippen LogP contribution in [-0.4, -0.2) is 86.9 Å². The molecule has 0 bridgehead atoms. The van der Waals surface area contributed by atoms with Gasteiger partial charge in [0.25, 0.3) is 17.8 Å². The van der Waals surface area contributed by atoms with E-state index in [1.807, 2.05) is 0 Å². The number of aromatic hydroxyl groups is 1. The van der Waals surface area contributed by atoms with Gasteiger partial charge in [0.15, 0.2) is 11.5 Å². The third kappa shape index (κ3) is 6.67. The van der Waals surface area contributed by atoms with Gasteiger partial charge in [-0.3, -0.25) is 19.2 Å². The van der Waals surface area contributed by atoms with Gasteiger partial charge in [-0.25, -0.2) is 9.37 Å². The molecule has 43 heavy (non-hydrogen) atoms. The molecule has 7 atom stereocenters. The lowest BCUT2D eigenvalue weighted by molar-refractivity contribution is -0.184. The number of ether oxygens (including phenoxy) is 2. The number of aliphatic hydroxyl groups is 1. The summed E-state index contributed by atoms with van der Waals surface area (Å²) in [7, 11) is 0. The first kappa shape index (κ1) is 31.6. The predicted molar refractivity (Wildman–Crippen MR) is 134 cm³/mol. The summed E-state index contributed by atoms with van der Waals surface area (Å²) < 4.78 is 67.0. The van der Waals surface area contributed by atoms with Crippen molar-refractivity contribution < 1.29 is 56.4 Å². The molecule has 0 saturated carbocycles. The van der Waals surface area contributed by atoms with Crippen molar-refractivity contribution in [1.29, 1.82) is 0 Å². The van der Waals surface area contributed by atoms with E-state index in [0.29, 0.717) is 6.42 Å². The molecule has 2 saturated heterocycles. The average Bonchev–Trinajstić information content (AvgIpc) is 2.93. The van der Waals surface area contributed by atoms with E-state index in [9.17, 15) is 47.0 Å². The van der Waals surface area contributed by atoms with Crippen molar-refractivity contribution >= 4 is 23.7 Å². The Hall–Kier alpha value is -4.38. The van der Waals surface area contributed by atoms with Gasteiger partial charge in [-0.1, -0.05) is 0 Å². The Balaban J connectivity index is 1.73. The second kappa shape index (κ2) is 12.9. The van der Waals surface area contributed by atoms with E-state index in [4.69, 9.17) is 9.47 Å². The van der Waals surface area contributed by atoms with Gasteiger partial charge in [0.1, 0.15) is 17.9 Å². The number of halogens is 4. The number of hydrogen-bond acceptors (Lipinski definition) is 10.